The Morgan fingerprint density at radius 3 is 2.36 bits per heavy atom. The minimum atomic E-state index is -0.768. The predicted octanol–water partition coefficient (Wildman–Crippen LogP) is 1.53. The minimum Gasteiger partial charge on any atom is -0.496 e. The van der Waals surface area contributed by atoms with Gasteiger partial charge in [0, 0.05) is 17.7 Å². The standard InChI is InChI=1S/C18H17N3O7/c1-11-3-8-15(27-2)14(9-11)18(24)28-10-16(22)19-20-17(23)12-4-6-13(7-5-12)21(25)26/h3-9H,10H2,1-2H3,(H,19,22)(H,20,23). The van der Waals surface area contributed by atoms with Gasteiger partial charge in [0.25, 0.3) is 17.5 Å². The van der Waals surface area contributed by atoms with Crippen LogP contribution in [0.5, 0.6) is 5.75 Å². The number of rotatable bonds is 6. The first-order valence-corrected chi connectivity index (χ1v) is 7.97. The zero-order valence-corrected chi connectivity index (χ0v) is 15.1. The van der Waals surface area contributed by atoms with E-state index in [0.717, 1.165) is 17.7 Å². The van der Waals surface area contributed by atoms with Crippen molar-refractivity contribution in [1.82, 2.24) is 10.9 Å². The smallest absolute Gasteiger partial charge is 0.342 e. The molecule has 146 valence electrons. The lowest BCUT2D eigenvalue weighted by molar-refractivity contribution is -0.384. The SMILES string of the molecule is COc1ccc(C)cc1C(=O)OCC(=O)NNC(=O)c1ccc([N+](=O)[O-])cc1. The van der Waals surface area contributed by atoms with Crippen molar-refractivity contribution in [1.29, 1.82) is 0 Å². The third-order valence-electron chi connectivity index (χ3n) is 3.57. The fourth-order valence-corrected chi connectivity index (χ4v) is 2.16. The molecule has 0 saturated heterocycles. The maximum absolute atomic E-state index is 12.1. The number of aryl methyl sites for hydroxylation is 1. The van der Waals surface area contributed by atoms with Gasteiger partial charge in [-0.25, -0.2) is 4.79 Å². The number of carbonyl (C=O) groups is 3. The third-order valence-corrected chi connectivity index (χ3v) is 3.57. The van der Waals surface area contributed by atoms with Crippen molar-refractivity contribution < 1.29 is 28.8 Å². The second kappa shape index (κ2) is 9.12. The summed E-state index contributed by atoms with van der Waals surface area (Å²) in [7, 11) is 1.40. The van der Waals surface area contributed by atoms with Gasteiger partial charge in [0.15, 0.2) is 6.61 Å². The molecule has 0 aliphatic rings. The second-order valence-corrected chi connectivity index (χ2v) is 5.59. The number of nitro groups is 1. The van der Waals surface area contributed by atoms with Gasteiger partial charge in [0.05, 0.1) is 12.0 Å². The van der Waals surface area contributed by atoms with Gasteiger partial charge < -0.3 is 9.47 Å². The highest BCUT2D eigenvalue weighted by molar-refractivity contribution is 5.96. The summed E-state index contributed by atoms with van der Waals surface area (Å²) in [6.07, 6.45) is 0. The summed E-state index contributed by atoms with van der Waals surface area (Å²) >= 11 is 0. The quantitative estimate of drug-likeness (QED) is 0.436. The first-order valence-electron chi connectivity index (χ1n) is 7.97. The fraction of sp³-hybridized carbons (Fsp3) is 0.167. The molecule has 0 atom stereocenters. The first kappa shape index (κ1) is 20.4. The van der Waals surface area contributed by atoms with E-state index in [-0.39, 0.29) is 16.8 Å². The summed E-state index contributed by atoms with van der Waals surface area (Å²) in [6.45, 7) is 1.16. The van der Waals surface area contributed by atoms with Gasteiger partial charge in [-0.3, -0.25) is 30.6 Å². The summed E-state index contributed by atoms with van der Waals surface area (Å²) < 4.78 is 9.99. The Balaban J connectivity index is 1.85. The van der Waals surface area contributed by atoms with Crippen molar-refractivity contribution in [2.75, 3.05) is 13.7 Å². The molecule has 0 spiro atoms. The monoisotopic (exact) mass is 387 g/mol. The number of non-ortho nitro benzene ring substituents is 1. The highest BCUT2D eigenvalue weighted by Gasteiger charge is 2.16. The number of hydrogen-bond donors (Lipinski definition) is 2. The van der Waals surface area contributed by atoms with Crippen LogP contribution in [0.3, 0.4) is 0 Å². The number of hydrazine groups is 1. The summed E-state index contributed by atoms with van der Waals surface area (Å²) in [5.74, 6) is -1.90. The van der Waals surface area contributed by atoms with Gasteiger partial charge in [-0.2, -0.15) is 0 Å². The predicted molar refractivity (Wildman–Crippen MR) is 96.7 cm³/mol. The lowest BCUT2D eigenvalue weighted by Gasteiger charge is -2.10. The lowest BCUT2D eigenvalue weighted by Crippen LogP contribution is -2.43. The second-order valence-electron chi connectivity index (χ2n) is 5.59. The Bertz CT molecular complexity index is 910. The highest BCUT2D eigenvalue weighted by atomic mass is 16.6. The Morgan fingerprint density at radius 2 is 1.75 bits per heavy atom. The van der Waals surface area contributed by atoms with Gasteiger partial charge >= 0.3 is 5.97 Å². The van der Waals surface area contributed by atoms with E-state index in [0.29, 0.717) is 5.75 Å². The molecule has 10 nitrogen and oxygen atoms in total. The lowest BCUT2D eigenvalue weighted by atomic mass is 10.1. The molecule has 0 unspecified atom stereocenters. The number of benzene rings is 2. The van der Waals surface area contributed by atoms with Gasteiger partial charge in [-0.1, -0.05) is 11.6 Å². The summed E-state index contributed by atoms with van der Waals surface area (Å²) in [5, 5.41) is 10.6. The van der Waals surface area contributed by atoms with Crippen LogP contribution in [0.2, 0.25) is 0 Å². The summed E-state index contributed by atoms with van der Waals surface area (Å²) in [4.78, 5) is 45.7. The molecular weight excluding hydrogens is 370 g/mol. The van der Waals surface area contributed by atoms with Gasteiger partial charge in [-0.05, 0) is 31.2 Å². The van der Waals surface area contributed by atoms with Gasteiger partial charge in [-0.15, -0.1) is 0 Å². The molecule has 2 rings (SSSR count). The Hall–Kier alpha value is -3.95. The van der Waals surface area contributed by atoms with E-state index >= 15 is 0 Å². The molecule has 2 N–H and O–H groups in total. The number of hydrogen-bond acceptors (Lipinski definition) is 7. The molecule has 0 aliphatic heterocycles. The van der Waals surface area contributed by atoms with Crippen LogP contribution in [0, 0.1) is 17.0 Å². The average Bonchev–Trinajstić information content (AvgIpc) is 2.70. The molecule has 0 radical (unpaired) electrons. The van der Waals surface area contributed by atoms with Crippen LogP contribution in [0.4, 0.5) is 5.69 Å². The van der Waals surface area contributed by atoms with Crippen molar-refractivity contribution in [3.8, 4) is 5.75 Å². The zero-order valence-electron chi connectivity index (χ0n) is 15.1. The molecule has 2 aromatic carbocycles. The summed E-state index contributed by atoms with van der Waals surface area (Å²) in [5.41, 5.74) is 5.12. The molecule has 0 fully saturated rings. The molecule has 0 heterocycles. The van der Waals surface area contributed by atoms with E-state index in [9.17, 15) is 24.5 Å². The highest BCUT2D eigenvalue weighted by Crippen LogP contribution is 2.20. The number of nitro benzene ring substituents is 1. The summed E-state index contributed by atoms with van der Waals surface area (Å²) in [6, 6.07) is 9.73. The molecule has 2 aromatic rings. The van der Waals surface area contributed by atoms with Gasteiger partial charge in [0.2, 0.25) is 0 Å². The fourth-order valence-electron chi connectivity index (χ4n) is 2.16. The normalized spacial score (nSPS) is 9.93. The molecule has 10 heteroatoms. The van der Waals surface area contributed by atoms with Crippen molar-refractivity contribution in [3.05, 3.63) is 69.3 Å². The number of nitrogens with zero attached hydrogens (tertiary/aromatic N) is 1. The maximum Gasteiger partial charge on any atom is 0.342 e. The van der Waals surface area contributed by atoms with E-state index in [1.54, 1.807) is 25.1 Å². The third kappa shape index (κ3) is 5.27. The topological polar surface area (TPSA) is 137 Å². The van der Waals surface area contributed by atoms with E-state index in [4.69, 9.17) is 9.47 Å². The van der Waals surface area contributed by atoms with E-state index < -0.39 is 29.3 Å². The molecule has 0 aromatic heterocycles. The number of carbonyl (C=O) groups excluding carboxylic acids is 3. The van der Waals surface area contributed by atoms with Crippen LogP contribution in [0.25, 0.3) is 0 Å². The van der Waals surface area contributed by atoms with Crippen LogP contribution in [-0.4, -0.2) is 36.4 Å². The molecule has 2 amide bonds. The average molecular weight is 387 g/mol. The Morgan fingerprint density at radius 1 is 1.07 bits per heavy atom. The number of ether oxygens (including phenoxy) is 2. The van der Waals surface area contributed by atoms with E-state index in [1.165, 1.54) is 19.2 Å². The zero-order chi connectivity index (χ0) is 20.7. The van der Waals surface area contributed by atoms with E-state index in [2.05, 4.69) is 10.9 Å². The molecule has 28 heavy (non-hydrogen) atoms. The minimum absolute atomic E-state index is 0.104. The van der Waals surface area contributed by atoms with E-state index in [1.807, 2.05) is 0 Å². The van der Waals surface area contributed by atoms with Crippen LogP contribution >= 0.6 is 0 Å². The number of amides is 2. The van der Waals surface area contributed by atoms with Crippen LogP contribution in [0.15, 0.2) is 42.5 Å². The number of nitrogens with one attached hydrogen (secondary N) is 2. The van der Waals surface area contributed by atoms with Crippen LogP contribution in [-0.2, 0) is 9.53 Å². The molecule has 0 saturated carbocycles. The Kier molecular flexibility index (Phi) is 6.63. The van der Waals surface area contributed by atoms with Crippen molar-refractivity contribution in [3.63, 3.8) is 0 Å². The van der Waals surface area contributed by atoms with Crippen molar-refractivity contribution in [2.24, 2.45) is 0 Å². The molecule has 0 aliphatic carbocycles. The van der Waals surface area contributed by atoms with Crippen LogP contribution in [0.1, 0.15) is 26.3 Å². The van der Waals surface area contributed by atoms with Crippen molar-refractivity contribution in [2.45, 2.75) is 6.92 Å². The Labute approximate surface area is 159 Å². The molecule has 0 bridgehead atoms. The maximum atomic E-state index is 12.1. The van der Waals surface area contributed by atoms with Crippen LogP contribution < -0.4 is 15.6 Å². The largest absolute Gasteiger partial charge is 0.496 e. The molecular formula is C18H17N3O7. The first-order chi connectivity index (χ1) is 13.3. The number of esters is 1. The van der Waals surface area contributed by atoms with Crippen molar-refractivity contribution >= 4 is 23.5 Å². The van der Waals surface area contributed by atoms with Gasteiger partial charge in [0.1, 0.15) is 11.3 Å². The number of methoxy groups -OCH3 is 1.